The van der Waals surface area contributed by atoms with Gasteiger partial charge in [-0.1, -0.05) is 0 Å². The molecule has 2 aromatic heterocycles. The summed E-state index contributed by atoms with van der Waals surface area (Å²) in [6.45, 7) is 2.68. The molecule has 0 unspecified atom stereocenters. The molecule has 0 spiro atoms. The van der Waals surface area contributed by atoms with Gasteiger partial charge in [0.2, 0.25) is 11.8 Å². The van der Waals surface area contributed by atoms with Crippen LogP contribution in [0.1, 0.15) is 32.8 Å². The lowest BCUT2D eigenvalue weighted by Gasteiger charge is -2.28. The Morgan fingerprint density at radius 1 is 1.00 bits per heavy atom. The first kappa shape index (κ1) is 17.7. The molecular formula is C18H20N4O4. The average Bonchev–Trinajstić information content (AvgIpc) is 3.16. The average molecular weight is 356 g/mol. The summed E-state index contributed by atoms with van der Waals surface area (Å²) >= 11 is 0. The molecule has 1 fully saturated rings. The van der Waals surface area contributed by atoms with Gasteiger partial charge in [0.25, 0.3) is 11.8 Å². The molecule has 2 aromatic rings. The Hall–Kier alpha value is -3.16. The first-order valence-corrected chi connectivity index (χ1v) is 8.21. The van der Waals surface area contributed by atoms with Gasteiger partial charge in [-0.2, -0.15) is 4.98 Å². The molecule has 8 nitrogen and oxygen atoms in total. The van der Waals surface area contributed by atoms with E-state index in [1.54, 1.807) is 37.4 Å². The third-order valence-corrected chi connectivity index (χ3v) is 4.21. The summed E-state index contributed by atoms with van der Waals surface area (Å²) in [6.07, 6.45) is 2.33. The number of nitrogens with zero attached hydrogens (tertiary/aromatic N) is 4. The number of amides is 2. The van der Waals surface area contributed by atoms with Crippen molar-refractivity contribution in [2.75, 3.05) is 27.3 Å². The van der Waals surface area contributed by atoms with E-state index in [-0.39, 0.29) is 23.3 Å². The molecule has 2 amide bonds. The second kappa shape index (κ2) is 7.38. The van der Waals surface area contributed by atoms with Gasteiger partial charge in [-0.3, -0.25) is 14.6 Å². The Morgan fingerprint density at radius 2 is 1.69 bits per heavy atom. The normalized spacial score (nSPS) is 13.7. The molecule has 26 heavy (non-hydrogen) atoms. The molecular weight excluding hydrogens is 336 g/mol. The van der Waals surface area contributed by atoms with E-state index in [2.05, 4.69) is 9.97 Å². The van der Waals surface area contributed by atoms with Crippen LogP contribution in [0.25, 0.3) is 0 Å². The van der Waals surface area contributed by atoms with Crippen LogP contribution in [0.5, 0.6) is 11.8 Å². The number of methoxy groups -OCH3 is 2. The van der Waals surface area contributed by atoms with E-state index < -0.39 is 0 Å². The smallest absolute Gasteiger partial charge is 0.277 e. The van der Waals surface area contributed by atoms with E-state index in [0.29, 0.717) is 36.6 Å². The fourth-order valence-corrected chi connectivity index (χ4v) is 2.88. The number of aryl methyl sites for hydroxylation is 1. The minimum atomic E-state index is -0.343. The number of pyridine rings is 2. The van der Waals surface area contributed by atoms with Crippen molar-refractivity contribution in [1.29, 1.82) is 0 Å². The second-order valence-electron chi connectivity index (χ2n) is 5.76. The Bertz CT molecular complexity index is 840. The van der Waals surface area contributed by atoms with Crippen molar-refractivity contribution in [3.05, 3.63) is 47.3 Å². The van der Waals surface area contributed by atoms with E-state index >= 15 is 0 Å². The summed E-state index contributed by atoms with van der Waals surface area (Å²) in [7, 11) is 2.92. The summed E-state index contributed by atoms with van der Waals surface area (Å²) < 4.78 is 10.3. The number of hydrogen-bond donors (Lipinski definition) is 0. The van der Waals surface area contributed by atoms with Crippen LogP contribution in [0.2, 0.25) is 0 Å². The van der Waals surface area contributed by atoms with Crippen molar-refractivity contribution in [2.24, 2.45) is 0 Å². The van der Waals surface area contributed by atoms with Crippen LogP contribution >= 0.6 is 0 Å². The van der Waals surface area contributed by atoms with Crippen molar-refractivity contribution in [3.63, 3.8) is 0 Å². The number of carbonyl (C=O) groups excluding carboxylic acids is 2. The molecule has 0 bridgehead atoms. The van der Waals surface area contributed by atoms with E-state index in [0.717, 1.165) is 0 Å². The monoisotopic (exact) mass is 356 g/mol. The maximum atomic E-state index is 13.0. The number of ether oxygens (including phenoxy) is 2. The highest BCUT2D eigenvalue weighted by Gasteiger charge is 2.34. The Labute approximate surface area is 151 Å². The van der Waals surface area contributed by atoms with E-state index in [1.165, 1.54) is 24.2 Å². The highest BCUT2D eigenvalue weighted by molar-refractivity contribution is 6.01. The first-order valence-electron chi connectivity index (χ1n) is 8.21. The minimum Gasteiger partial charge on any atom is -0.481 e. The van der Waals surface area contributed by atoms with Crippen LogP contribution in [0, 0.1) is 6.92 Å². The van der Waals surface area contributed by atoms with Crippen LogP contribution < -0.4 is 9.47 Å². The molecule has 0 saturated carbocycles. The Balaban J connectivity index is 1.90. The number of aromatic nitrogens is 2. The number of hydrogen-bond acceptors (Lipinski definition) is 6. The topological polar surface area (TPSA) is 84.9 Å². The molecule has 8 heteroatoms. The van der Waals surface area contributed by atoms with Gasteiger partial charge in [0.15, 0.2) is 0 Å². The summed E-state index contributed by atoms with van der Waals surface area (Å²) in [4.78, 5) is 34.2. The molecule has 0 atom stereocenters. The van der Waals surface area contributed by atoms with Crippen LogP contribution in [0.4, 0.5) is 0 Å². The predicted molar refractivity (Wildman–Crippen MR) is 93.0 cm³/mol. The van der Waals surface area contributed by atoms with Gasteiger partial charge < -0.3 is 9.47 Å². The Kier molecular flexibility index (Phi) is 5.01. The van der Waals surface area contributed by atoms with Gasteiger partial charge in [-0.15, -0.1) is 0 Å². The summed E-state index contributed by atoms with van der Waals surface area (Å²) in [5, 5.41) is 2.89. The molecule has 0 N–H and O–H groups in total. The van der Waals surface area contributed by atoms with Crippen molar-refractivity contribution in [1.82, 2.24) is 20.0 Å². The van der Waals surface area contributed by atoms with Crippen molar-refractivity contribution in [2.45, 2.75) is 13.3 Å². The lowest BCUT2D eigenvalue weighted by atomic mass is 10.2. The predicted octanol–water partition coefficient (Wildman–Crippen LogP) is 1.71. The van der Waals surface area contributed by atoms with Crippen molar-refractivity contribution >= 4 is 11.8 Å². The standard InChI is InChI=1S/C18H20N4O4/c1-12-13(6-4-9-19-12)17(23)21-10-5-11-22(21)18(24)14-7-8-15(25-2)20-16(14)26-3/h4,6-9H,5,10-11H2,1-3H3. The van der Waals surface area contributed by atoms with Crippen LogP contribution in [0.3, 0.4) is 0 Å². The summed E-state index contributed by atoms with van der Waals surface area (Å²) in [6, 6.07) is 6.59. The van der Waals surface area contributed by atoms with Crippen molar-refractivity contribution in [3.8, 4) is 11.8 Å². The zero-order valence-electron chi connectivity index (χ0n) is 14.9. The fourth-order valence-electron chi connectivity index (χ4n) is 2.88. The highest BCUT2D eigenvalue weighted by atomic mass is 16.5. The lowest BCUT2D eigenvalue weighted by molar-refractivity contribution is 0.0182. The summed E-state index contributed by atoms with van der Waals surface area (Å²) in [5.74, 6) is -0.0868. The summed E-state index contributed by atoms with van der Waals surface area (Å²) in [5.41, 5.74) is 1.38. The molecule has 0 radical (unpaired) electrons. The SMILES string of the molecule is COc1ccc(C(=O)N2CCCN2C(=O)c2cccnc2C)c(OC)n1. The quantitative estimate of drug-likeness (QED) is 0.829. The van der Waals surface area contributed by atoms with E-state index in [9.17, 15) is 9.59 Å². The molecule has 1 aliphatic heterocycles. The molecule has 1 saturated heterocycles. The van der Waals surface area contributed by atoms with E-state index in [1.807, 2.05) is 0 Å². The molecule has 3 rings (SSSR count). The minimum absolute atomic E-state index is 0.159. The third kappa shape index (κ3) is 3.17. The molecule has 136 valence electrons. The van der Waals surface area contributed by atoms with Gasteiger partial charge in [-0.05, 0) is 31.5 Å². The highest BCUT2D eigenvalue weighted by Crippen LogP contribution is 2.25. The van der Waals surface area contributed by atoms with Crippen LogP contribution in [-0.2, 0) is 0 Å². The van der Waals surface area contributed by atoms with Crippen LogP contribution in [0.15, 0.2) is 30.5 Å². The number of carbonyl (C=O) groups is 2. The third-order valence-electron chi connectivity index (χ3n) is 4.21. The zero-order valence-corrected chi connectivity index (χ0v) is 14.9. The van der Waals surface area contributed by atoms with Crippen molar-refractivity contribution < 1.29 is 19.1 Å². The van der Waals surface area contributed by atoms with Crippen LogP contribution in [-0.4, -0.2) is 59.1 Å². The molecule has 0 aliphatic carbocycles. The van der Waals surface area contributed by atoms with Gasteiger partial charge >= 0.3 is 0 Å². The number of rotatable bonds is 4. The lowest BCUT2D eigenvalue weighted by Crippen LogP contribution is -2.45. The fraction of sp³-hybridized carbons (Fsp3) is 0.333. The zero-order chi connectivity index (χ0) is 18.7. The second-order valence-corrected chi connectivity index (χ2v) is 5.76. The molecule has 1 aliphatic rings. The largest absolute Gasteiger partial charge is 0.481 e. The first-order chi connectivity index (χ1) is 12.6. The molecule has 3 heterocycles. The van der Waals surface area contributed by atoms with Gasteiger partial charge in [0, 0.05) is 25.4 Å². The van der Waals surface area contributed by atoms with Gasteiger partial charge in [0.1, 0.15) is 5.56 Å². The maximum Gasteiger partial charge on any atom is 0.277 e. The van der Waals surface area contributed by atoms with Gasteiger partial charge in [-0.25, -0.2) is 10.0 Å². The van der Waals surface area contributed by atoms with Gasteiger partial charge in [0.05, 0.1) is 25.5 Å². The number of hydrazine groups is 1. The van der Waals surface area contributed by atoms with E-state index in [4.69, 9.17) is 9.47 Å². The Morgan fingerprint density at radius 3 is 2.31 bits per heavy atom. The molecule has 0 aromatic carbocycles. The maximum absolute atomic E-state index is 13.0.